The standard InChI is InChI=1S/C18H23N3O/c1-19-18(22)13-21-8-6-14(7-9-21)10-15-11-16-4-2-3-5-17(16)20-12-15/h2-5,11-12,14H,6-10,13H2,1H3,(H,19,22). The molecule has 2 heterocycles. The van der Waals surface area contributed by atoms with Gasteiger partial charge in [0.15, 0.2) is 0 Å². The van der Waals surface area contributed by atoms with Gasteiger partial charge in [0, 0.05) is 18.6 Å². The first kappa shape index (κ1) is 15.0. The maximum absolute atomic E-state index is 11.4. The van der Waals surface area contributed by atoms with Gasteiger partial charge in [-0.1, -0.05) is 18.2 Å². The number of piperidine rings is 1. The van der Waals surface area contributed by atoms with Crippen molar-refractivity contribution >= 4 is 16.8 Å². The summed E-state index contributed by atoms with van der Waals surface area (Å²) in [4.78, 5) is 18.2. The molecule has 1 N–H and O–H groups in total. The first-order chi connectivity index (χ1) is 10.7. The highest BCUT2D eigenvalue weighted by Gasteiger charge is 2.20. The number of likely N-dealkylation sites (tertiary alicyclic amines) is 1. The number of carbonyl (C=O) groups excluding carboxylic acids is 1. The van der Waals surface area contributed by atoms with Crippen LogP contribution in [0.25, 0.3) is 10.9 Å². The van der Waals surface area contributed by atoms with Crippen LogP contribution in [-0.2, 0) is 11.2 Å². The molecule has 1 fully saturated rings. The van der Waals surface area contributed by atoms with E-state index in [-0.39, 0.29) is 5.91 Å². The highest BCUT2D eigenvalue weighted by molar-refractivity contribution is 5.78. The van der Waals surface area contributed by atoms with Crippen molar-refractivity contribution in [2.24, 2.45) is 5.92 Å². The number of nitrogens with one attached hydrogen (secondary N) is 1. The summed E-state index contributed by atoms with van der Waals surface area (Å²) in [5.41, 5.74) is 2.38. The molecule has 0 saturated carbocycles. The van der Waals surface area contributed by atoms with E-state index in [0.29, 0.717) is 12.5 Å². The Kier molecular flexibility index (Phi) is 4.68. The van der Waals surface area contributed by atoms with Crippen molar-refractivity contribution in [3.05, 3.63) is 42.1 Å². The predicted octanol–water partition coefficient (Wildman–Crippen LogP) is 2.24. The van der Waals surface area contributed by atoms with E-state index in [9.17, 15) is 4.79 Å². The maximum Gasteiger partial charge on any atom is 0.233 e. The second-order valence-electron chi connectivity index (χ2n) is 6.13. The van der Waals surface area contributed by atoms with Gasteiger partial charge in [0.2, 0.25) is 5.91 Å². The fourth-order valence-electron chi connectivity index (χ4n) is 3.19. The van der Waals surface area contributed by atoms with Crippen LogP contribution in [0.3, 0.4) is 0 Å². The number of pyridine rings is 1. The third-order valence-electron chi connectivity index (χ3n) is 4.52. The summed E-state index contributed by atoms with van der Waals surface area (Å²) < 4.78 is 0. The number of para-hydroxylation sites is 1. The van der Waals surface area contributed by atoms with E-state index in [1.165, 1.54) is 10.9 Å². The maximum atomic E-state index is 11.4. The lowest BCUT2D eigenvalue weighted by molar-refractivity contribution is -0.122. The van der Waals surface area contributed by atoms with Crippen LogP contribution in [0.1, 0.15) is 18.4 Å². The van der Waals surface area contributed by atoms with Crippen LogP contribution < -0.4 is 5.32 Å². The van der Waals surface area contributed by atoms with E-state index < -0.39 is 0 Å². The van der Waals surface area contributed by atoms with Gasteiger partial charge in [-0.25, -0.2) is 0 Å². The molecule has 1 saturated heterocycles. The van der Waals surface area contributed by atoms with Gasteiger partial charge >= 0.3 is 0 Å². The van der Waals surface area contributed by atoms with Crippen molar-refractivity contribution in [2.45, 2.75) is 19.3 Å². The quantitative estimate of drug-likeness (QED) is 0.941. The van der Waals surface area contributed by atoms with E-state index in [4.69, 9.17) is 0 Å². The molecule has 1 aliphatic rings. The topological polar surface area (TPSA) is 45.2 Å². The summed E-state index contributed by atoms with van der Waals surface area (Å²) in [7, 11) is 1.70. The highest BCUT2D eigenvalue weighted by Crippen LogP contribution is 2.22. The van der Waals surface area contributed by atoms with Crippen LogP contribution in [-0.4, -0.2) is 42.5 Å². The number of likely N-dealkylation sites (N-methyl/N-ethyl adjacent to an activating group) is 1. The molecular weight excluding hydrogens is 274 g/mol. The fraction of sp³-hybridized carbons (Fsp3) is 0.444. The van der Waals surface area contributed by atoms with E-state index >= 15 is 0 Å². The number of hydrogen-bond acceptors (Lipinski definition) is 3. The van der Waals surface area contributed by atoms with Gasteiger partial charge in [0.05, 0.1) is 12.1 Å². The van der Waals surface area contributed by atoms with Gasteiger partial charge in [-0.05, 0) is 56.0 Å². The normalized spacial score (nSPS) is 16.8. The Hall–Kier alpha value is -1.94. The second kappa shape index (κ2) is 6.88. The molecule has 3 rings (SSSR count). The number of benzene rings is 1. The number of fused-ring (bicyclic) bond motifs is 1. The van der Waals surface area contributed by atoms with Crippen LogP contribution >= 0.6 is 0 Å². The lowest BCUT2D eigenvalue weighted by Gasteiger charge is -2.31. The molecule has 4 nitrogen and oxygen atoms in total. The molecule has 116 valence electrons. The third-order valence-corrected chi connectivity index (χ3v) is 4.52. The van der Waals surface area contributed by atoms with Crippen molar-refractivity contribution < 1.29 is 4.79 Å². The van der Waals surface area contributed by atoms with E-state index in [2.05, 4.69) is 39.5 Å². The lowest BCUT2D eigenvalue weighted by Crippen LogP contribution is -2.40. The molecule has 0 unspecified atom stereocenters. The molecule has 0 bridgehead atoms. The summed E-state index contributed by atoms with van der Waals surface area (Å²) in [5, 5.41) is 3.91. The Morgan fingerprint density at radius 1 is 1.32 bits per heavy atom. The Bertz CT molecular complexity index is 648. The molecule has 1 aliphatic heterocycles. The average Bonchev–Trinajstić information content (AvgIpc) is 2.56. The Labute approximate surface area is 131 Å². The van der Waals surface area contributed by atoms with Crippen molar-refractivity contribution in [3.63, 3.8) is 0 Å². The largest absolute Gasteiger partial charge is 0.358 e. The van der Waals surface area contributed by atoms with Crippen molar-refractivity contribution in [1.29, 1.82) is 0 Å². The molecule has 22 heavy (non-hydrogen) atoms. The number of aromatic nitrogens is 1. The zero-order valence-electron chi connectivity index (χ0n) is 13.1. The van der Waals surface area contributed by atoms with Crippen LogP contribution in [0.2, 0.25) is 0 Å². The number of nitrogens with zero attached hydrogens (tertiary/aromatic N) is 2. The third kappa shape index (κ3) is 3.63. The van der Waals surface area contributed by atoms with Crippen LogP contribution in [0.15, 0.2) is 36.5 Å². The summed E-state index contributed by atoms with van der Waals surface area (Å²) in [5.74, 6) is 0.807. The zero-order chi connectivity index (χ0) is 15.4. The van der Waals surface area contributed by atoms with E-state index in [1.807, 2.05) is 12.3 Å². The number of hydrogen-bond donors (Lipinski definition) is 1. The molecule has 1 amide bonds. The average molecular weight is 297 g/mol. The SMILES string of the molecule is CNC(=O)CN1CCC(Cc2cnc3ccccc3c2)CC1. The van der Waals surface area contributed by atoms with Gasteiger partial charge in [0.25, 0.3) is 0 Å². The minimum absolute atomic E-state index is 0.108. The molecule has 0 spiro atoms. The van der Waals surface area contributed by atoms with Crippen LogP contribution in [0.4, 0.5) is 0 Å². The molecule has 1 aromatic heterocycles. The van der Waals surface area contributed by atoms with Crippen molar-refractivity contribution in [1.82, 2.24) is 15.2 Å². The van der Waals surface area contributed by atoms with E-state index in [0.717, 1.165) is 37.9 Å². The minimum Gasteiger partial charge on any atom is -0.358 e. The molecule has 4 heteroatoms. The first-order valence-electron chi connectivity index (χ1n) is 8.01. The Balaban J connectivity index is 1.56. The Morgan fingerprint density at radius 2 is 2.09 bits per heavy atom. The molecule has 0 atom stereocenters. The zero-order valence-corrected chi connectivity index (χ0v) is 13.1. The molecular formula is C18H23N3O. The second-order valence-corrected chi connectivity index (χ2v) is 6.13. The first-order valence-corrected chi connectivity index (χ1v) is 8.01. The number of carbonyl (C=O) groups is 1. The van der Waals surface area contributed by atoms with Crippen LogP contribution in [0.5, 0.6) is 0 Å². The smallest absolute Gasteiger partial charge is 0.233 e. The number of amides is 1. The van der Waals surface area contributed by atoms with Gasteiger partial charge < -0.3 is 5.32 Å². The molecule has 0 aliphatic carbocycles. The van der Waals surface area contributed by atoms with Crippen molar-refractivity contribution in [2.75, 3.05) is 26.7 Å². The van der Waals surface area contributed by atoms with Gasteiger partial charge in [-0.3, -0.25) is 14.7 Å². The van der Waals surface area contributed by atoms with Gasteiger partial charge in [-0.15, -0.1) is 0 Å². The summed E-state index contributed by atoms with van der Waals surface area (Å²) in [6.45, 7) is 2.55. The van der Waals surface area contributed by atoms with Gasteiger partial charge in [-0.2, -0.15) is 0 Å². The van der Waals surface area contributed by atoms with Crippen molar-refractivity contribution in [3.8, 4) is 0 Å². The summed E-state index contributed by atoms with van der Waals surface area (Å²) in [6.07, 6.45) is 5.42. The highest BCUT2D eigenvalue weighted by atomic mass is 16.1. The summed E-state index contributed by atoms with van der Waals surface area (Å²) >= 11 is 0. The van der Waals surface area contributed by atoms with Crippen LogP contribution in [0, 0.1) is 5.92 Å². The predicted molar refractivity (Wildman–Crippen MR) is 88.7 cm³/mol. The fourth-order valence-corrected chi connectivity index (χ4v) is 3.19. The van der Waals surface area contributed by atoms with Gasteiger partial charge in [0.1, 0.15) is 0 Å². The minimum atomic E-state index is 0.108. The van der Waals surface area contributed by atoms with E-state index in [1.54, 1.807) is 7.05 Å². The molecule has 0 radical (unpaired) electrons. The Morgan fingerprint density at radius 3 is 2.86 bits per heavy atom. The number of rotatable bonds is 4. The summed E-state index contributed by atoms with van der Waals surface area (Å²) in [6, 6.07) is 10.5. The molecule has 2 aromatic rings. The molecule has 1 aromatic carbocycles. The monoisotopic (exact) mass is 297 g/mol. The lowest BCUT2D eigenvalue weighted by atomic mass is 9.90.